The van der Waals surface area contributed by atoms with Crippen LogP contribution in [0.3, 0.4) is 0 Å². The lowest BCUT2D eigenvalue weighted by molar-refractivity contribution is 0.153. The van der Waals surface area contributed by atoms with E-state index in [4.69, 9.17) is 4.74 Å². The van der Waals surface area contributed by atoms with Crippen molar-refractivity contribution in [1.29, 1.82) is 0 Å². The summed E-state index contributed by atoms with van der Waals surface area (Å²) in [4.78, 5) is 2.46. The Morgan fingerprint density at radius 3 is 2.58 bits per heavy atom. The van der Waals surface area contributed by atoms with E-state index in [1.165, 1.54) is 11.3 Å². The molecule has 106 valence electrons. The molecular formula is C16H26N2O. The van der Waals surface area contributed by atoms with Crippen LogP contribution < -0.4 is 10.2 Å². The summed E-state index contributed by atoms with van der Waals surface area (Å²) in [6.07, 6.45) is 1.15. The molecule has 1 unspecified atom stereocenters. The molecule has 0 bridgehead atoms. The zero-order chi connectivity index (χ0) is 13.7. The second-order valence-corrected chi connectivity index (χ2v) is 5.68. The minimum Gasteiger partial charge on any atom is -0.381 e. The molecule has 1 saturated heterocycles. The van der Waals surface area contributed by atoms with Crippen LogP contribution in [0, 0.1) is 12.3 Å². The fourth-order valence-electron chi connectivity index (χ4n) is 2.89. The maximum Gasteiger partial charge on any atom is 0.0552 e. The zero-order valence-electron chi connectivity index (χ0n) is 12.4. The molecule has 1 aliphatic rings. The quantitative estimate of drug-likeness (QED) is 0.852. The van der Waals surface area contributed by atoms with Crippen molar-refractivity contribution in [3.8, 4) is 0 Å². The van der Waals surface area contributed by atoms with Crippen LogP contribution in [0.15, 0.2) is 24.3 Å². The molecule has 1 atom stereocenters. The largest absolute Gasteiger partial charge is 0.381 e. The van der Waals surface area contributed by atoms with Gasteiger partial charge in [0.2, 0.25) is 0 Å². The topological polar surface area (TPSA) is 24.5 Å². The van der Waals surface area contributed by atoms with Gasteiger partial charge in [-0.2, -0.15) is 0 Å². The van der Waals surface area contributed by atoms with Crippen molar-refractivity contribution in [3.05, 3.63) is 29.8 Å². The van der Waals surface area contributed by atoms with E-state index in [-0.39, 0.29) is 5.41 Å². The molecule has 1 N–H and O–H groups in total. The number of aryl methyl sites for hydroxylation is 1. The van der Waals surface area contributed by atoms with Gasteiger partial charge in [0.15, 0.2) is 0 Å². The Bertz CT molecular complexity index is 382. The van der Waals surface area contributed by atoms with Crippen LogP contribution in [0.5, 0.6) is 0 Å². The highest BCUT2D eigenvalue weighted by molar-refractivity contribution is 5.47. The van der Waals surface area contributed by atoms with E-state index in [2.05, 4.69) is 48.3 Å². The molecule has 1 aliphatic heterocycles. The monoisotopic (exact) mass is 262 g/mol. The van der Waals surface area contributed by atoms with Crippen LogP contribution >= 0.6 is 0 Å². The van der Waals surface area contributed by atoms with E-state index in [9.17, 15) is 0 Å². The van der Waals surface area contributed by atoms with Crippen molar-refractivity contribution < 1.29 is 4.74 Å². The minimum atomic E-state index is 0.260. The molecule has 0 amide bonds. The molecule has 3 heteroatoms. The Morgan fingerprint density at radius 1 is 1.32 bits per heavy atom. The predicted molar refractivity (Wildman–Crippen MR) is 80.9 cm³/mol. The molecule has 0 radical (unpaired) electrons. The summed E-state index contributed by atoms with van der Waals surface area (Å²) >= 11 is 0. The number of benzene rings is 1. The molecule has 19 heavy (non-hydrogen) atoms. The van der Waals surface area contributed by atoms with Crippen LogP contribution in [-0.4, -0.2) is 39.9 Å². The van der Waals surface area contributed by atoms with E-state index in [1.807, 2.05) is 7.05 Å². The first kappa shape index (κ1) is 14.4. The number of ether oxygens (including phenoxy) is 1. The molecule has 0 aliphatic carbocycles. The Labute approximate surface area is 116 Å². The maximum atomic E-state index is 5.65. The number of rotatable bonds is 6. The van der Waals surface area contributed by atoms with Crippen molar-refractivity contribution in [2.45, 2.75) is 20.3 Å². The van der Waals surface area contributed by atoms with Gasteiger partial charge in [0.1, 0.15) is 0 Å². The smallest absolute Gasteiger partial charge is 0.0552 e. The van der Waals surface area contributed by atoms with Crippen LogP contribution in [-0.2, 0) is 4.74 Å². The van der Waals surface area contributed by atoms with Crippen LogP contribution in [0.2, 0.25) is 0 Å². The molecule has 2 rings (SSSR count). The lowest BCUT2D eigenvalue weighted by atomic mass is 9.86. The third kappa shape index (κ3) is 3.48. The van der Waals surface area contributed by atoms with E-state index in [0.29, 0.717) is 0 Å². The van der Waals surface area contributed by atoms with Crippen LogP contribution in [0.4, 0.5) is 5.69 Å². The van der Waals surface area contributed by atoms with Crippen molar-refractivity contribution in [2.24, 2.45) is 5.41 Å². The average molecular weight is 262 g/mol. The van der Waals surface area contributed by atoms with Gasteiger partial charge in [-0.25, -0.2) is 0 Å². The SMILES string of the molecule is CCN(CC1(CNC)CCOC1)c1ccc(C)cc1. The molecule has 1 heterocycles. The first-order valence-electron chi connectivity index (χ1n) is 7.23. The number of hydrogen-bond acceptors (Lipinski definition) is 3. The van der Waals surface area contributed by atoms with Crippen molar-refractivity contribution >= 4 is 5.69 Å². The Hall–Kier alpha value is -1.06. The van der Waals surface area contributed by atoms with Gasteiger partial charge < -0.3 is 15.0 Å². The van der Waals surface area contributed by atoms with Gasteiger partial charge in [0.05, 0.1) is 6.61 Å². The summed E-state index contributed by atoms with van der Waals surface area (Å²) in [7, 11) is 2.03. The van der Waals surface area contributed by atoms with Gasteiger partial charge in [0.25, 0.3) is 0 Å². The molecule has 0 spiro atoms. The van der Waals surface area contributed by atoms with Crippen LogP contribution in [0.25, 0.3) is 0 Å². The van der Waals surface area contributed by atoms with E-state index in [1.54, 1.807) is 0 Å². The van der Waals surface area contributed by atoms with Crippen molar-refractivity contribution in [2.75, 3.05) is 44.8 Å². The van der Waals surface area contributed by atoms with Gasteiger partial charge in [0, 0.05) is 37.3 Å². The highest BCUT2D eigenvalue weighted by Crippen LogP contribution is 2.31. The maximum absolute atomic E-state index is 5.65. The predicted octanol–water partition coefficient (Wildman–Crippen LogP) is 2.45. The first-order valence-corrected chi connectivity index (χ1v) is 7.23. The number of hydrogen-bond donors (Lipinski definition) is 1. The number of nitrogens with zero attached hydrogens (tertiary/aromatic N) is 1. The summed E-state index contributed by atoms with van der Waals surface area (Å²) in [6.45, 7) is 9.25. The first-order chi connectivity index (χ1) is 9.19. The highest BCUT2D eigenvalue weighted by Gasteiger charge is 2.35. The van der Waals surface area contributed by atoms with Crippen molar-refractivity contribution in [3.63, 3.8) is 0 Å². The standard InChI is InChI=1S/C16H26N2O/c1-4-18(15-7-5-14(2)6-8-15)12-16(11-17-3)9-10-19-13-16/h5-8,17H,4,9-13H2,1-3H3. The summed E-state index contributed by atoms with van der Waals surface area (Å²) < 4.78 is 5.65. The Morgan fingerprint density at radius 2 is 2.05 bits per heavy atom. The average Bonchev–Trinajstić information content (AvgIpc) is 2.86. The molecule has 1 aromatic rings. The molecule has 3 nitrogen and oxygen atoms in total. The van der Waals surface area contributed by atoms with Gasteiger partial charge in [-0.3, -0.25) is 0 Å². The van der Waals surface area contributed by atoms with Gasteiger partial charge >= 0.3 is 0 Å². The normalized spacial score (nSPS) is 22.7. The highest BCUT2D eigenvalue weighted by atomic mass is 16.5. The Kier molecular flexibility index (Phi) is 4.83. The fraction of sp³-hybridized carbons (Fsp3) is 0.625. The van der Waals surface area contributed by atoms with E-state index >= 15 is 0 Å². The molecule has 0 aromatic heterocycles. The number of anilines is 1. The third-order valence-corrected chi connectivity index (χ3v) is 4.04. The van der Waals surface area contributed by atoms with E-state index < -0.39 is 0 Å². The number of nitrogens with one attached hydrogen (secondary N) is 1. The zero-order valence-corrected chi connectivity index (χ0v) is 12.4. The lowest BCUT2D eigenvalue weighted by Crippen LogP contribution is -2.44. The lowest BCUT2D eigenvalue weighted by Gasteiger charge is -2.35. The molecule has 1 aromatic carbocycles. The Balaban J connectivity index is 2.11. The summed E-state index contributed by atoms with van der Waals surface area (Å²) in [6, 6.07) is 8.82. The van der Waals surface area contributed by atoms with Crippen molar-refractivity contribution in [1.82, 2.24) is 5.32 Å². The van der Waals surface area contributed by atoms with Gasteiger partial charge in [-0.1, -0.05) is 17.7 Å². The summed E-state index contributed by atoms with van der Waals surface area (Å²) in [5.41, 5.74) is 2.89. The second kappa shape index (κ2) is 6.40. The van der Waals surface area contributed by atoms with Gasteiger partial charge in [-0.05, 0) is 39.4 Å². The van der Waals surface area contributed by atoms with E-state index in [0.717, 1.165) is 39.3 Å². The summed E-state index contributed by atoms with van der Waals surface area (Å²) in [5, 5.41) is 3.33. The summed E-state index contributed by atoms with van der Waals surface area (Å²) in [5.74, 6) is 0. The van der Waals surface area contributed by atoms with Crippen LogP contribution in [0.1, 0.15) is 18.9 Å². The fourth-order valence-corrected chi connectivity index (χ4v) is 2.89. The minimum absolute atomic E-state index is 0.260. The molecule has 0 saturated carbocycles. The molecular weight excluding hydrogens is 236 g/mol. The third-order valence-electron chi connectivity index (χ3n) is 4.04. The second-order valence-electron chi connectivity index (χ2n) is 5.68. The molecule has 1 fully saturated rings. The van der Waals surface area contributed by atoms with Gasteiger partial charge in [-0.15, -0.1) is 0 Å².